The third-order valence-corrected chi connectivity index (χ3v) is 3.78. The lowest BCUT2D eigenvalue weighted by Crippen LogP contribution is -2.11. The number of aryl methyl sites for hydroxylation is 1. The van der Waals surface area contributed by atoms with Gasteiger partial charge in [0.25, 0.3) is 0 Å². The van der Waals surface area contributed by atoms with Crippen molar-refractivity contribution in [3.8, 4) is 0 Å². The van der Waals surface area contributed by atoms with E-state index in [0.717, 1.165) is 47.5 Å². The Morgan fingerprint density at radius 2 is 2.00 bits per heavy atom. The molecule has 0 aromatic heterocycles. The van der Waals surface area contributed by atoms with Gasteiger partial charge in [-0.25, -0.2) is 0 Å². The number of rotatable bonds is 8. The van der Waals surface area contributed by atoms with E-state index in [2.05, 4.69) is 22.2 Å². The highest BCUT2D eigenvalue weighted by Crippen LogP contribution is 2.24. The average molecular weight is 327 g/mol. The molecule has 1 aromatic rings. The van der Waals surface area contributed by atoms with Crippen LogP contribution in [0.3, 0.4) is 0 Å². The summed E-state index contributed by atoms with van der Waals surface area (Å²) in [7, 11) is 0. The van der Waals surface area contributed by atoms with E-state index >= 15 is 0 Å². The average Bonchev–Trinajstić information content (AvgIpc) is 2.55. The monoisotopic (exact) mass is 327 g/mol. The SMILES string of the molecule is CC=N/C=C(\C)C(C)=Nc1cc(NC(=O)CCCCC)ccc1C. The lowest BCUT2D eigenvalue weighted by Gasteiger charge is -2.09. The first-order valence-corrected chi connectivity index (χ1v) is 8.58. The lowest BCUT2D eigenvalue weighted by molar-refractivity contribution is -0.116. The first kappa shape index (κ1) is 19.8. The molecule has 1 amide bonds. The summed E-state index contributed by atoms with van der Waals surface area (Å²) in [6, 6.07) is 5.83. The first-order valence-electron chi connectivity index (χ1n) is 8.58. The van der Waals surface area contributed by atoms with Gasteiger partial charge in [-0.05, 0) is 57.4 Å². The van der Waals surface area contributed by atoms with E-state index in [-0.39, 0.29) is 5.91 Å². The van der Waals surface area contributed by atoms with Gasteiger partial charge in [-0.15, -0.1) is 0 Å². The number of nitrogens with one attached hydrogen (secondary N) is 1. The maximum Gasteiger partial charge on any atom is 0.224 e. The third-order valence-electron chi connectivity index (χ3n) is 3.78. The minimum atomic E-state index is 0.0623. The largest absolute Gasteiger partial charge is 0.326 e. The number of allylic oxidation sites excluding steroid dienone is 1. The Bertz CT molecular complexity index is 642. The van der Waals surface area contributed by atoms with Gasteiger partial charge in [0.2, 0.25) is 5.91 Å². The maximum atomic E-state index is 12.0. The van der Waals surface area contributed by atoms with E-state index in [1.165, 1.54) is 0 Å². The van der Waals surface area contributed by atoms with Crippen LogP contribution in [0.5, 0.6) is 0 Å². The highest BCUT2D eigenvalue weighted by molar-refractivity contribution is 5.99. The normalized spacial score (nSPS) is 12.7. The van der Waals surface area contributed by atoms with Crippen molar-refractivity contribution in [2.75, 3.05) is 5.32 Å². The summed E-state index contributed by atoms with van der Waals surface area (Å²) in [5.74, 6) is 0.0623. The van der Waals surface area contributed by atoms with Gasteiger partial charge in [0.1, 0.15) is 0 Å². The zero-order valence-corrected chi connectivity index (χ0v) is 15.5. The van der Waals surface area contributed by atoms with Gasteiger partial charge in [-0.2, -0.15) is 0 Å². The zero-order chi connectivity index (χ0) is 17.9. The molecule has 0 radical (unpaired) electrons. The quantitative estimate of drug-likeness (QED) is 0.490. The fourth-order valence-electron chi connectivity index (χ4n) is 2.12. The summed E-state index contributed by atoms with van der Waals surface area (Å²) >= 11 is 0. The molecule has 1 aromatic carbocycles. The molecule has 24 heavy (non-hydrogen) atoms. The molecule has 0 saturated carbocycles. The highest BCUT2D eigenvalue weighted by atomic mass is 16.1. The number of unbranched alkanes of at least 4 members (excludes halogenated alkanes) is 2. The molecule has 0 aliphatic carbocycles. The maximum absolute atomic E-state index is 12.0. The van der Waals surface area contributed by atoms with Crippen LogP contribution in [0.4, 0.5) is 11.4 Å². The molecule has 0 atom stereocenters. The molecule has 1 N–H and O–H groups in total. The predicted molar refractivity (Wildman–Crippen MR) is 105 cm³/mol. The Balaban J connectivity index is 2.88. The molecule has 0 aliphatic heterocycles. The summed E-state index contributed by atoms with van der Waals surface area (Å²) in [6.07, 6.45) is 7.24. The van der Waals surface area contributed by atoms with Crippen LogP contribution in [0, 0.1) is 6.92 Å². The molecule has 1 rings (SSSR count). The van der Waals surface area contributed by atoms with E-state index in [1.807, 2.05) is 45.9 Å². The van der Waals surface area contributed by atoms with E-state index in [0.29, 0.717) is 6.42 Å². The molecule has 0 bridgehead atoms. The van der Waals surface area contributed by atoms with Crippen molar-refractivity contribution in [2.24, 2.45) is 9.98 Å². The van der Waals surface area contributed by atoms with Crippen LogP contribution in [0.2, 0.25) is 0 Å². The fraction of sp³-hybridized carbons (Fsp3) is 0.450. The second kappa shape index (κ2) is 10.5. The van der Waals surface area contributed by atoms with Crippen molar-refractivity contribution in [3.63, 3.8) is 0 Å². The van der Waals surface area contributed by atoms with Gasteiger partial charge < -0.3 is 5.32 Å². The minimum Gasteiger partial charge on any atom is -0.326 e. The van der Waals surface area contributed by atoms with Crippen LogP contribution >= 0.6 is 0 Å². The number of carbonyl (C=O) groups excluding carboxylic acids is 1. The Labute approximate surface area is 145 Å². The molecule has 4 heteroatoms. The van der Waals surface area contributed by atoms with Crippen LogP contribution < -0.4 is 5.32 Å². The zero-order valence-electron chi connectivity index (χ0n) is 15.5. The van der Waals surface area contributed by atoms with Crippen LogP contribution in [0.1, 0.15) is 58.9 Å². The van der Waals surface area contributed by atoms with Crippen molar-refractivity contribution < 1.29 is 4.79 Å². The smallest absolute Gasteiger partial charge is 0.224 e. The van der Waals surface area contributed by atoms with Gasteiger partial charge >= 0.3 is 0 Å². The summed E-state index contributed by atoms with van der Waals surface area (Å²) in [6.45, 7) is 9.98. The standard InChI is InChI=1S/C20H29N3O/c1-6-8-9-10-20(24)23-18-12-11-15(3)19(13-18)22-17(5)16(4)14-21-7-2/h7,11-14H,6,8-10H2,1-5H3,(H,23,24)/b16-14+,21-7?,22-17?. The number of anilines is 1. The summed E-state index contributed by atoms with van der Waals surface area (Å²) in [5, 5.41) is 2.96. The van der Waals surface area contributed by atoms with Gasteiger partial charge in [-0.1, -0.05) is 25.8 Å². The third kappa shape index (κ3) is 6.90. The molecular formula is C20H29N3O. The van der Waals surface area contributed by atoms with E-state index in [4.69, 9.17) is 0 Å². The lowest BCUT2D eigenvalue weighted by atomic mass is 10.1. The van der Waals surface area contributed by atoms with Crippen molar-refractivity contribution in [3.05, 3.63) is 35.5 Å². The van der Waals surface area contributed by atoms with Gasteiger partial charge in [0.05, 0.1) is 5.69 Å². The van der Waals surface area contributed by atoms with Gasteiger partial charge in [0, 0.05) is 30.2 Å². The number of benzene rings is 1. The Morgan fingerprint density at radius 1 is 1.25 bits per heavy atom. The fourth-order valence-corrected chi connectivity index (χ4v) is 2.12. The summed E-state index contributed by atoms with van der Waals surface area (Å²) in [4.78, 5) is 20.8. The molecule has 0 saturated heterocycles. The Hall–Kier alpha value is -2.23. The summed E-state index contributed by atoms with van der Waals surface area (Å²) in [5.41, 5.74) is 4.66. The Morgan fingerprint density at radius 3 is 2.67 bits per heavy atom. The van der Waals surface area contributed by atoms with Gasteiger partial charge in [0.15, 0.2) is 0 Å². The minimum absolute atomic E-state index is 0.0623. The van der Waals surface area contributed by atoms with Crippen molar-refractivity contribution in [1.29, 1.82) is 0 Å². The molecule has 0 heterocycles. The number of amides is 1. The number of nitrogens with zero attached hydrogens (tertiary/aromatic N) is 2. The van der Waals surface area contributed by atoms with Crippen molar-refractivity contribution in [2.45, 2.75) is 60.3 Å². The predicted octanol–water partition coefficient (Wildman–Crippen LogP) is 5.60. The van der Waals surface area contributed by atoms with Crippen LogP contribution in [-0.4, -0.2) is 17.8 Å². The second-order valence-corrected chi connectivity index (χ2v) is 5.92. The highest BCUT2D eigenvalue weighted by Gasteiger charge is 2.05. The second-order valence-electron chi connectivity index (χ2n) is 5.92. The van der Waals surface area contributed by atoms with Crippen molar-refractivity contribution >= 4 is 29.2 Å². The molecule has 0 aliphatic rings. The molecule has 0 spiro atoms. The molecule has 4 nitrogen and oxygen atoms in total. The number of hydrogen-bond acceptors (Lipinski definition) is 3. The molecule has 0 fully saturated rings. The summed E-state index contributed by atoms with van der Waals surface area (Å²) < 4.78 is 0. The van der Waals surface area contributed by atoms with Crippen LogP contribution in [0.25, 0.3) is 0 Å². The van der Waals surface area contributed by atoms with E-state index < -0.39 is 0 Å². The Kier molecular flexibility index (Phi) is 8.69. The van der Waals surface area contributed by atoms with Crippen molar-refractivity contribution in [1.82, 2.24) is 0 Å². The first-order chi connectivity index (χ1) is 11.5. The number of carbonyl (C=O) groups is 1. The van der Waals surface area contributed by atoms with Gasteiger partial charge in [-0.3, -0.25) is 14.8 Å². The molecule has 0 unspecified atom stereocenters. The molecular weight excluding hydrogens is 298 g/mol. The number of hydrogen-bond donors (Lipinski definition) is 1. The topological polar surface area (TPSA) is 53.8 Å². The van der Waals surface area contributed by atoms with Crippen LogP contribution in [0.15, 0.2) is 40.0 Å². The molecule has 130 valence electrons. The van der Waals surface area contributed by atoms with E-state index in [1.54, 1.807) is 12.4 Å². The van der Waals surface area contributed by atoms with Crippen LogP contribution in [-0.2, 0) is 4.79 Å². The van der Waals surface area contributed by atoms with E-state index in [9.17, 15) is 4.79 Å². The number of aliphatic imine (C=N–C) groups is 2.